The van der Waals surface area contributed by atoms with Gasteiger partial charge in [-0.1, -0.05) is 19.8 Å². The molecule has 4 heteroatoms. The molecule has 2 aliphatic heterocycles. The third-order valence-corrected chi connectivity index (χ3v) is 6.48. The Morgan fingerprint density at radius 1 is 1.04 bits per heavy atom. The zero-order chi connectivity index (χ0) is 16.1. The van der Waals surface area contributed by atoms with Crippen molar-refractivity contribution in [3.05, 3.63) is 0 Å². The first-order chi connectivity index (χ1) is 11.3. The van der Waals surface area contributed by atoms with Crippen LogP contribution in [0.1, 0.15) is 51.9 Å². The Hall–Kier alpha value is -0.770. The monoisotopic (exact) mass is 320 g/mol. The van der Waals surface area contributed by atoms with Gasteiger partial charge in [0.05, 0.1) is 0 Å². The summed E-state index contributed by atoms with van der Waals surface area (Å²) in [6.07, 6.45) is 9.82. The Kier molecular flexibility index (Phi) is 6.21. The van der Waals surface area contributed by atoms with Crippen molar-refractivity contribution < 1.29 is 0 Å². The van der Waals surface area contributed by atoms with Crippen LogP contribution in [0.25, 0.3) is 0 Å². The van der Waals surface area contributed by atoms with E-state index in [1.54, 1.807) is 0 Å². The highest BCUT2D eigenvalue weighted by Crippen LogP contribution is 2.35. The molecule has 4 nitrogen and oxygen atoms in total. The molecule has 1 N–H and O–H groups in total. The van der Waals surface area contributed by atoms with Gasteiger partial charge in [-0.2, -0.15) is 0 Å². The lowest BCUT2D eigenvalue weighted by atomic mass is 9.82. The van der Waals surface area contributed by atoms with Crippen molar-refractivity contribution in [2.75, 3.05) is 46.3 Å². The Morgan fingerprint density at radius 2 is 1.70 bits per heavy atom. The second-order valence-corrected chi connectivity index (χ2v) is 7.85. The summed E-state index contributed by atoms with van der Waals surface area (Å²) >= 11 is 0. The Balaban J connectivity index is 1.39. The third kappa shape index (κ3) is 4.40. The number of likely N-dealkylation sites (tertiary alicyclic amines) is 2. The van der Waals surface area contributed by atoms with Gasteiger partial charge in [0.15, 0.2) is 5.96 Å². The number of guanidine groups is 1. The molecule has 23 heavy (non-hydrogen) atoms. The number of piperidine rings is 1. The number of fused-ring (bicyclic) bond motifs is 1. The number of nitrogens with one attached hydrogen (secondary N) is 1. The number of rotatable bonds is 4. The van der Waals surface area contributed by atoms with Gasteiger partial charge in [-0.3, -0.25) is 4.99 Å². The highest BCUT2D eigenvalue weighted by Gasteiger charge is 2.35. The van der Waals surface area contributed by atoms with Crippen LogP contribution >= 0.6 is 0 Å². The fourth-order valence-electron chi connectivity index (χ4n) is 4.89. The van der Waals surface area contributed by atoms with Gasteiger partial charge in [0.2, 0.25) is 0 Å². The van der Waals surface area contributed by atoms with E-state index in [-0.39, 0.29) is 0 Å². The minimum Gasteiger partial charge on any atom is -0.356 e. The average molecular weight is 321 g/mol. The highest BCUT2D eigenvalue weighted by atomic mass is 15.3. The number of hydrogen-bond acceptors (Lipinski definition) is 2. The fourth-order valence-corrected chi connectivity index (χ4v) is 4.89. The Morgan fingerprint density at radius 3 is 2.26 bits per heavy atom. The summed E-state index contributed by atoms with van der Waals surface area (Å²) in [5, 5.41) is 3.66. The van der Waals surface area contributed by atoms with E-state index in [1.807, 2.05) is 7.05 Å². The van der Waals surface area contributed by atoms with E-state index in [9.17, 15) is 0 Å². The van der Waals surface area contributed by atoms with Crippen molar-refractivity contribution in [2.24, 2.45) is 22.7 Å². The molecule has 132 valence electrons. The summed E-state index contributed by atoms with van der Waals surface area (Å²) in [5.74, 6) is 3.93. The van der Waals surface area contributed by atoms with E-state index < -0.39 is 0 Å². The predicted molar refractivity (Wildman–Crippen MR) is 97.8 cm³/mol. The zero-order valence-corrected chi connectivity index (χ0v) is 15.3. The van der Waals surface area contributed by atoms with Crippen molar-refractivity contribution in [2.45, 2.75) is 51.9 Å². The summed E-state index contributed by atoms with van der Waals surface area (Å²) < 4.78 is 0. The molecule has 3 aliphatic rings. The topological polar surface area (TPSA) is 30.9 Å². The smallest absolute Gasteiger partial charge is 0.193 e. The largest absolute Gasteiger partial charge is 0.356 e. The van der Waals surface area contributed by atoms with Gasteiger partial charge in [0.25, 0.3) is 0 Å². The molecule has 0 spiro atoms. The van der Waals surface area contributed by atoms with E-state index in [2.05, 4.69) is 27.0 Å². The fraction of sp³-hybridized carbons (Fsp3) is 0.947. The third-order valence-electron chi connectivity index (χ3n) is 6.48. The molecule has 2 saturated heterocycles. The molecule has 0 amide bonds. The molecule has 0 radical (unpaired) electrons. The van der Waals surface area contributed by atoms with Gasteiger partial charge in [-0.25, -0.2) is 0 Å². The molecule has 2 atom stereocenters. The van der Waals surface area contributed by atoms with Gasteiger partial charge in [-0.15, -0.1) is 0 Å². The van der Waals surface area contributed by atoms with Crippen LogP contribution in [0.4, 0.5) is 0 Å². The Labute approximate surface area is 142 Å². The molecule has 3 fully saturated rings. The minimum atomic E-state index is 0.907. The second kappa shape index (κ2) is 8.36. The average Bonchev–Trinajstić information content (AvgIpc) is 3.03. The van der Waals surface area contributed by atoms with Crippen molar-refractivity contribution in [3.63, 3.8) is 0 Å². The van der Waals surface area contributed by atoms with Gasteiger partial charge >= 0.3 is 0 Å². The Bertz CT molecular complexity index is 373. The molecular formula is C19H36N4. The van der Waals surface area contributed by atoms with Crippen LogP contribution in [-0.4, -0.2) is 62.1 Å². The number of aliphatic imine (C=N–C) groups is 1. The van der Waals surface area contributed by atoms with Crippen LogP contribution in [0.2, 0.25) is 0 Å². The standard InChI is InChI=1S/C19H36N4/c1-3-22-12-9-16(10-13-22)8-11-21-19(20-2)23-14-17-6-4-5-7-18(17)15-23/h16-18H,3-15H2,1-2H3,(H,20,21). The van der Waals surface area contributed by atoms with Gasteiger partial charge in [-0.05, 0) is 69.5 Å². The summed E-state index contributed by atoms with van der Waals surface area (Å²) in [6.45, 7) is 9.65. The molecule has 1 aliphatic carbocycles. The van der Waals surface area contributed by atoms with Crippen LogP contribution in [0, 0.1) is 17.8 Å². The van der Waals surface area contributed by atoms with Crippen molar-refractivity contribution in [3.8, 4) is 0 Å². The summed E-state index contributed by atoms with van der Waals surface area (Å²) in [6, 6.07) is 0. The number of hydrogen-bond donors (Lipinski definition) is 1. The second-order valence-electron chi connectivity index (χ2n) is 7.85. The molecule has 3 rings (SSSR count). The van der Waals surface area contributed by atoms with Crippen LogP contribution in [0.3, 0.4) is 0 Å². The highest BCUT2D eigenvalue weighted by molar-refractivity contribution is 5.80. The first-order valence-corrected chi connectivity index (χ1v) is 9.98. The predicted octanol–water partition coefficient (Wildman–Crippen LogP) is 2.81. The van der Waals surface area contributed by atoms with Gasteiger partial charge in [0.1, 0.15) is 0 Å². The maximum atomic E-state index is 4.56. The van der Waals surface area contributed by atoms with Crippen LogP contribution in [0.15, 0.2) is 4.99 Å². The lowest BCUT2D eigenvalue weighted by Gasteiger charge is -2.31. The first kappa shape index (κ1) is 17.1. The van der Waals surface area contributed by atoms with E-state index >= 15 is 0 Å². The quantitative estimate of drug-likeness (QED) is 0.638. The summed E-state index contributed by atoms with van der Waals surface area (Å²) in [4.78, 5) is 9.67. The molecular weight excluding hydrogens is 284 g/mol. The molecule has 0 aromatic rings. The molecule has 2 heterocycles. The van der Waals surface area contributed by atoms with Crippen molar-refractivity contribution in [1.29, 1.82) is 0 Å². The summed E-state index contributed by atoms with van der Waals surface area (Å²) in [7, 11) is 1.95. The SMILES string of the molecule is CCN1CCC(CCNC(=NC)N2CC3CCCCC3C2)CC1. The molecule has 0 aromatic carbocycles. The molecule has 0 aromatic heterocycles. The van der Waals surface area contributed by atoms with Crippen molar-refractivity contribution in [1.82, 2.24) is 15.1 Å². The molecule has 0 bridgehead atoms. The van der Waals surface area contributed by atoms with Crippen molar-refractivity contribution >= 4 is 5.96 Å². The zero-order valence-electron chi connectivity index (χ0n) is 15.3. The maximum absolute atomic E-state index is 4.56. The lowest BCUT2D eigenvalue weighted by Crippen LogP contribution is -2.41. The normalized spacial score (nSPS) is 30.5. The van der Waals surface area contributed by atoms with E-state index in [4.69, 9.17) is 0 Å². The maximum Gasteiger partial charge on any atom is 0.193 e. The van der Waals surface area contributed by atoms with Gasteiger partial charge in [0, 0.05) is 26.7 Å². The van der Waals surface area contributed by atoms with E-state index in [0.717, 1.165) is 30.3 Å². The van der Waals surface area contributed by atoms with E-state index in [1.165, 1.54) is 77.7 Å². The van der Waals surface area contributed by atoms with Gasteiger partial charge < -0.3 is 15.1 Å². The van der Waals surface area contributed by atoms with Crippen LogP contribution < -0.4 is 5.32 Å². The number of nitrogens with zero attached hydrogens (tertiary/aromatic N) is 3. The van der Waals surface area contributed by atoms with E-state index in [0.29, 0.717) is 0 Å². The lowest BCUT2D eigenvalue weighted by molar-refractivity contribution is 0.187. The molecule has 1 saturated carbocycles. The molecule has 2 unspecified atom stereocenters. The first-order valence-electron chi connectivity index (χ1n) is 9.98. The summed E-state index contributed by atoms with van der Waals surface area (Å²) in [5.41, 5.74) is 0. The minimum absolute atomic E-state index is 0.907. The van der Waals surface area contributed by atoms with Crippen LogP contribution in [0.5, 0.6) is 0 Å². The van der Waals surface area contributed by atoms with Crippen LogP contribution in [-0.2, 0) is 0 Å².